The molecule has 1 aromatic carbocycles. The lowest BCUT2D eigenvalue weighted by atomic mass is 9.70. The Balaban J connectivity index is 2.01. The maximum Gasteiger partial charge on any atom is 0.131 e. The van der Waals surface area contributed by atoms with Crippen molar-refractivity contribution in [2.45, 2.75) is 71.8 Å². The molecule has 23 heavy (non-hydrogen) atoms. The zero-order valence-electron chi connectivity index (χ0n) is 15.0. The van der Waals surface area contributed by atoms with Crippen molar-refractivity contribution >= 4 is 5.57 Å². The van der Waals surface area contributed by atoms with Crippen LogP contribution in [0.2, 0.25) is 0 Å². The van der Waals surface area contributed by atoms with Gasteiger partial charge < -0.3 is 9.84 Å². The van der Waals surface area contributed by atoms with Crippen molar-refractivity contribution in [3.05, 3.63) is 29.3 Å². The number of benzene rings is 1. The minimum absolute atomic E-state index is 0.201. The number of unbranched alkanes of at least 4 members (excludes halogenated alkanes) is 2. The van der Waals surface area contributed by atoms with Crippen molar-refractivity contribution in [1.29, 1.82) is 0 Å². The first-order valence-corrected chi connectivity index (χ1v) is 9.19. The van der Waals surface area contributed by atoms with Crippen LogP contribution in [0.1, 0.15) is 70.9 Å². The molecule has 2 aliphatic rings. The number of allylic oxidation sites excluding steroid dienone is 1. The molecule has 126 valence electrons. The Labute approximate surface area is 140 Å². The second kappa shape index (κ2) is 6.22. The monoisotopic (exact) mass is 314 g/mol. The lowest BCUT2D eigenvalue weighted by Crippen LogP contribution is -2.42. The molecule has 2 heteroatoms. The zero-order chi connectivity index (χ0) is 16.6. The largest absolute Gasteiger partial charge is 0.507 e. The van der Waals surface area contributed by atoms with Crippen molar-refractivity contribution in [3.8, 4) is 11.5 Å². The number of ether oxygens (including phenoxy) is 1. The van der Waals surface area contributed by atoms with Crippen LogP contribution in [0, 0.1) is 11.8 Å². The Morgan fingerprint density at radius 3 is 2.74 bits per heavy atom. The summed E-state index contributed by atoms with van der Waals surface area (Å²) in [5.74, 6) is 2.22. The van der Waals surface area contributed by atoms with E-state index in [1.54, 1.807) is 0 Å². The first-order chi connectivity index (χ1) is 10.9. The second-order valence-corrected chi connectivity index (χ2v) is 7.88. The van der Waals surface area contributed by atoms with Crippen LogP contribution in [0.4, 0.5) is 0 Å². The quantitative estimate of drug-likeness (QED) is 0.720. The van der Waals surface area contributed by atoms with Crippen molar-refractivity contribution < 1.29 is 9.84 Å². The van der Waals surface area contributed by atoms with Gasteiger partial charge >= 0.3 is 0 Å². The van der Waals surface area contributed by atoms with E-state index < -0.39 is 0 Å². The van der Waals surface area contributed by atoms with Gasteiger partial charge in [0.1, 0.15) is 17.1 Å². The Kier molecular flexibility index (Phi) is 4.44. The number of phenols is 1. The highest BCUT2D eigenvalue weighted by molar-refractivity contribution is 5.80. The number of rotatable bonds is 4. The number of aromatic hydroxyl groups is 1. The predicted molar refractivity (Wildman–Crippen MR) is 95.9 cm³/mol. The number of hydrogen-bond acceptors (Lipinski definition) is 2. The summed E-state index contributed by atoms with van der Waals surface area (Å²) in [7, 11) is 0. The standard InChI is InChI=1S/C21H30O2/c1-5-6-7-8-15-12-18(22)20-16-11-14(2)9-10-17(16)21(3,4)23-19(20)13-15/h11-14,17,22H,5-10H2,1-4H3/t14?,17-/m1/s1. The van der Waals surface area contributed by atoms with Crippen LogP contribution in [-0.2, 0) is 6.42 Å². The first kappa shape index (κ1) is 16.4. The van der Waals surface area contributed by atoms with Gasteiger partial charge in [-0.2, -0.15) is 0 Å². The smallest absolute Gasteiger partial charge is 0.131 e. The molecule has 0 aromatic heterocycles. The molecule has 2 nitrogen and oxygen atoms in total. The fraction of sp³-hybridized carbons (Fsp3) is 0.619. The van der Waals surface area contributed by atoms with E-state index in [2.05, 4.69) is 39.8 Å². The molecule has 1 heterocycles. The van der Waals surface area contributed by atoms with Gasteiger partial charge in [-0.25, -0.2) is 0 Å². The summed E-state index contributed by atoms with van der Waals surface area (Å²) in [5, 5.41) is 10.7. The van der Waals surface area contributed by atoms with Gasteiger partial charge in [-0.15, -0.1) is 0 Å². The van der Waals surface area contributed by atoms with E-state index in [0.717, 1.165) is 24.2 Å². The molecule has 1 aliphatic heterocycles. The molecule has 2 atom stereocenters. The second-order valence-electron chi connectivity index (χ2n) is 7.88. The third kappa shape index (κ3) is 3.13. The summed E-state index contributed by atoms with van der Waals surface area (Å²) in [6, 6.07) is 4.11. The average Bonchev–Trinajstić information content (AvgIpc) is 2.46. The Morgan fingerprint density at radius 2 is 2.00 bits per heavy atom. The van der Waals surface area contributed by atoms with Gasteiger partial charge in [-0.3, -0.25) is 0 Å². The number of fused-ring (bicyclic) bond motifs is 3. The summed E-state index contributed by atoms with van der Waals surface area (Å²) in [6.45, 7) is 8.85. The third-order valence-electron chi connectivity index (χ3n) is 5.46. The maximum absolute atomic E-state index is 10.7. The Morgan fingerprint density at radius 1 is 1.22 bits per heavy atom. The maximum atomic E-state index is 10.7. The van der Waals surface area contributed by atoms with Crippen molar-refractivity contribution in [1.82, 2.24) is 0 Å². The fourth-order valence-electron chi connectivity index (χ4n) is 4.18. The molecular formula is C21H30O2. The molecule has 0 spiro atoms. The van der Waals surface area contributed by atoms with E-state index in [-0.39, 0.29) is 5.60 Å². The van der Waals surface area contributed by atoms with Crippen LogP contribution < -0.4 is 4.74 Å². The first-order valence-electron chi connectivity index (χ1n) is 9.19. The van der Waals surface area contributed by atoms with E-state index in [0.29, 0.717) is 17.6 Å². The van der Waals surface area contributed by atoms with Gasteiger partial charge in [-0.1, -0.05) is 32.8 Å². The topological polar surface area (TPSA) is 29.5 Å². The normalized spacial score (nSPS) is 25.1. The van der Waals surface area contributed by atoms with Crippen molar-refractivity contribution in [2.24, 2.45) is 11.8 Å². The summed E-state index contributed by atoms with van der Waals surface area (Å²) in [6.07, 6.45) is 9.32. The third-order valence-corrected chi connectivity index (χ3v) is 5.46. The van der Waals surface area contributed by atoms with E-state index in [1.165, 1.54) is 36.8 Å². The molecule has 1 aromatic rings. The lowest BCUT2D eigenvalue weighted by Gasteiger charge is -2.44. The molecule has 0 bridgehead atoms. The molecule has 1 aliphatic carbocycles. The van der Waals surface area contributed by atoms with Crippen LogP contribution in [0.15, 0.2) is 18.2 Å². The van der Waals surface area contributed by atoms with E-state index in [4.69, 9.17) is 4.74 Å². The van der Waals surface area contributed by atoms with Crippen LogP contribution in [0.5, 0.6) is 11.5 Å². The fourth-order valence-corrected chi connectivity index (χ4v) is 4.18. The van der Waals surface area contributed by atoms with Gasteiger partial charge in [0, 0.05) is 5.92 Å². The highest BCUT2D eigenvalue weighted by Gasteiger charge is 2.43. The van der Waals surface area contributed by atoms with Crippen molar-refractivity contribution in [2.75, 3.05) is 0 Å². The molecule has 0 saturated heterocycles. The molecular weight excluding hydrogens is 284 g/mol. The molecule has 0 radical (unpaired) electrons. The van der Waals surface area contributed by atoms with Gasteiger partial charge in [0.15, 0.2) is 0 Å². The van der Waals surface area contributed by atoms with E-state index in [9.17, 15) is 5.11 Å². The summed E-state index contributed by atoms with van der Waals surface area (Å²) >= 11 is 0. The number of aryl methyl sites for hydroxylation is 1. The summed E-state index contributed by atoms with van der Waals surface area (Å²) in [5.41, 5.74) is 3.23. The van der Waals surface area contributed by atoms with Crippen LogP contribution in [0.25, 0.3) is 5.57 Å². The molecule has 1 N–H and O–H groups in total. The summed E-state index contributed by atoms with van der Waals surface area (Å²) in [4.78, 5) is 0. The number of phenolic OH excluding ortho intramolecular Hbond substituents is 1. The molecule has 0 saturated carbocycles. The predicted octanol–water partition coefficient (Wildman–Crippen LogP) is 5.73. The van der Waals surface area contributed by atoms with Crippen LogP contribution >= 0.6 is 0 Å². The molecule has 3 rings (SSSR count). The van der Waals surface area contributed by atoms with Gasteiger partial charge in [0.05, 0.1) is 5.56 Å². The Hall–Kier alpha value is -1.44. The minimum atomic E-state index is -0.201. The molecule has 0 fully saturated rings. The van der Waals surface area contributed by atoms with E-state index in [1.807, 2.05) is 6.07 Å². The highest BCUT2D eigenvalue weighted by atomic mass is 16.5. The zero-order valence-corrected chi connectivity index (χ0v) is 15.0. The minimum Gasteiger partial charge on any atom is -0.507 e. The van der Waals surface area contributed by atoms with E-state index >= 15 is 0 Å². The van der Waals surface area contributed by atoms with Crippen LogP contribution in [-0.4, -0.2) is 10.7 Å². The van der Waals surface area contributed by atoms with Gasteiger partial charge in [0.2, 0.25) is 0 Å². The highest BCUT2D eigenvalue weighted by Crippen LogP contribution is 2.52. The van der Waals surface area contributed by atoms with Crippen LogP contribution in [0.3, 0.4) is 0 Å². The SMILES string of the molecule is CCCCCc1cc(O)c2c(c1)OC(C)(C)[C@@H]1CCC(C)C=C21. The van der Waals surface area contributed by atoms with Gasteiger partial charge in [-0.05, 0) is 68.7 Å². The average molecular weight is 314 g/mol. The van der Waals surface area contributed by atoms with Gasteiger partial charge in [0.25, 0.3) is 0 Å². The number of hydrogen-bond donors (Lipinski definition) is 1. The van der Waals surface area contributed by atoms with Crippen molar-refractivity contribution in [3.63, 3.8) is 0 Å². The molecule has 0 amide bonds. The Bertz CT molecular complexity index is 613. The summed E-state index contributed by atoms with van der Waals surface area (Å²) < 4.78 is 6.35. The lowest BCUT2D eigenvalue weighted by molar-refractivity contribution is 0.0510. The molecule has 1 unspecified atom stereocenters.